The van der Waals surface area contributed by atoms with Crippen LogP contribution in [0.5, 0.6) is 0 Å². The van der Waals surface area contributed by atoms with Crippen molar-refractivity contribution in [1.29, 1.82) is 0 Å². The van der Waals surface area contributed by atoms with Crippen molar-refractivity contribution in [3.8, 4) is 0 Å². The second-order valence-corrected chi connectivity index (χ2v) is 8.06. The molecule has 1 fully saturated rings. The van der Waals surface area contributed by atoms with Gasteiger partial charge >= 0.3 is 0 Å². The van der Waals surface area contributed by atoms with Crippen molar-refractivity contribution in [3.05, 3.63) is 52.2 Å². The summed E-state index contributed by atoms with van der Waals surface area (Å²) in [6.45, 7) is 3.07. The molecule has 1 aliphatic rings. The maximum Gasteiger partial charge on any atom is 0.265 e. The molecule has 3 rings (SSSR count). The minimum Gasteiger partial charge on any atom is -0.321 e. The molecule has 1 aromatic heterocycles. The van der Waals surface area contributed by atoms with E-state index in [1.54, 1.807) is 0 Å². The third-order valence-corrected chi connectivity index (χ3v) is 5.93. The summed E-state index contributed by atoms with van der Waals surface area (Å²) < 4.78 is 0. The number of thiophene rings is 1. The Morgan fingerprint density at radius 1 is 1.16 bits per heavy atom. The van der Waals surface area contributed by atoms with Gasteiger partial charge in [0, 0.05) is 18.3 Å². The number of hydrogen-bond donors (Lipinski definition) is 2. The molecule has 1 aromatic carbocycles. The number of hydrogen-bond acceptors (Lipinski definition) is 3. The highest BCUT2D eigenvalue weighted by Crippen LogP contribution is 2.27. The van der Waals surface area contributed by atoms with Crippen LogP contribution in [0.3, 0.4) is 0 Å². The van der Waals surface area contributed by atoms with Crippen LogP contribution in [0.1, 0.15) is 60.7 Å². The van der Waals surface area contributed by atoms with Crippen molar-refractivity contribution in [3.63, 3.8) is 0 Å². The van der Waals surface area contributed by atoms with Crippen LogP contribution in [0, 0.1) is 5.92 Å². The normalized spacial score (nSPS) is 16.5. The number of nitrogens with one attached hydrogen (secondary N) is 2. The highest BCUT2D eigenvalue weighted by molar-refractivity contribution is 7.12. The third kappa shape index (κ3) is 5.41. The van der Waals surface area contributed by atoms with E-state index in [4.69, 9.17) is 0 Å². The lowest BCUT2D eigenvalue weighted by Crippen LogP contribution is -2.29. The van der Waals surface area contributed by atoms with E-state index in [0.29, 0.717) is 6.04 Å². The summed E-state index contributed by atoms with van der Waals surface area (Å²) in [4.78, 5) is 13.1. The Hall–Kier alpha value is -1.65. The smallest absolute Gasteiger partial charge is 0.265 e. The van der Waals surface area contributed by atoms with E-state index in [1.165, 1.54) is 49.9 Å². The van der Waals surface area contributed by atoms with Crippen LogP contribution >= 0.6 is 11.3 Å². The Morgan fingerprint density at radius 3 is 2.72 bits per heavy atom. The molecule has 1 atom stereocenters. The lowest BCUT2D eigenvalue weighted by atomic mass is 9.85. The van der Waals surface area contributed by atoms with Gasteiger partial charge in [0.1, 0.15) is 0 Å². The number of carbonyl (C=O) groups excluding carboxylic acids is 1. The summed E-state index contributed by atoms with van der Waals surface area (Å²) in [6, 6.07) is 12.3. The molecule has 0 aliphatic heterocycles. The topological polar surface area (TPSA) is 41.1 Å². The van der Waals surface area contributed by atoms with E-state index in [9.17, 15) is 4.79 Å². The van der Waals surface area contributed by atoms with Gasteiger partial charge in [0.05, 0.1) is 4.88 Å². The Labute approximate surface area is 154 Å². The van der Waals surface area contributed by atoms with Gasteiger partial charge in [-0.15, -0.1) is 11.3 Å². The summed E-state index contributed by atoms with van der Waals surface area (Å²) in [5, 5.41) is 8.62. The fraction of sp³-hybridized carbons (Fsp3) is 0.476. The highest BCUT2D eigenvalue weighted by Gasteiger charge is 2.16. The molecule has 3 nitrogen and oxygen atoms in total. The van der Waals surface area contributed by atoms with Crippen LogP contribution in [0.15, 0.2) is 41.8 Å². The van der Waals surface area contributed by atoms with Crippen molar-refractivity contribution in [2.75, 3.05) is 5.32 Å². The predicted octanol–water partition coefficient (Wildman–Crippen LogP) is 5.45. The fourth-order valence-corrected chi connectivity index (χ4v) is 4.30. The first-order chi connectivity index (χ1) is 12.2. The molecule has 0 radical (unpaired) electrons. The van der Waals surface area contributed by atoms with Gasteiger partial charge in [-0.25, -0.2) is 0 Å². The SMILES string of the molecule is C[C@@H](CC1CCCCC1)NCc1ccccc1NC(=O)c1cccs1. The first kappa shape index (κ1) is 18.2. The number of carbonyl (C=O) groups is 1. The van der Waals surface area contributed by atoms with Gasteiger partial charge in [0.15, 0.2) is 0 Å². The van der Waals surface area contributed by atoms with E-state index < -0.39 is 0 Å². The number of rotatable bonds is 7. The van der Waals surface area contributed by atoms with Crippen LogP contribution in [-0.2, 0) is 6.54 Å². The monoisotopic (exact) mass is 356 g/mol. The van der Waals surface area contributed by atoms with Crippen molar-refractivity contribution in [2.45, 2.75) is 58.0 Å². The Balaban J connectivity index is 1.54. The Kier molecular flexibility index (Phi) is 6.65. The molecule has 1 saturated carbocycles. The molecule has 2 N–H and O–H groups in total. The maximum absolute atomic E-state index is 12.3. The molecule has 0 bridgehead atoms. The zero-order valence-corrected chi connectivity index (χ0v) is 15.8. The predicted molar refractivity (Wildman–Crippen MR) is 106 cm³/mol. The van der Waals surface area contributed by atoms with E-state index in [0.717, 1.165) is 28.6 Å². The van der Waals surface area contributed by atoms with Gasteiger partial charge in [0.2, 0.25) is 0 Å². The highest BCUT2D eigenvalue weighted by atomic mass is 32.1. The van der Waals surface area contributed by atoms with E-state index in [-0.39, 0.29) is 5.91 Å². The zero-order chi connectivity index (χ0) is 17.5. The molecule has 1 amide bonds. The van der Waals surface area contributed by atoms with Crippen molar-refractivity contribution in [1.82, 2.24) is 5.32 Å². The molecule has 134 valence electrons. The van der Waals surface area contributed by atoms with Crippen molar-refractivity contribution < 1.29 is 4.79 Å². The molecule has 1 heterocycles. The molecule has 0 saturated heterocycles. The number of benzene rings is 1. The minimum absolute atomic E-state index is 0.0299. The quantitative estimate of drug-likeness (QED) is 0.693. The van der Waals surface area contributed by atoms with E-state index in [2.05, 4.69) is 23.6 Å². The second kappa shape index (κ2) is 9.16. The summed E-state index contributed by atoms with van der Waals surface area (Å²) >= 11 is 1.47. The van der Waals surface area contributed by atoms with Gasteiger partial charge in [-0.2, -0.15) is 0 Å². The lowest BCUT2D eigenvalue weighted by Gasteiger charge is -2.25. The molecular formula is C21H28N2OS. The lowest BCUT2D eigenvalue weighted by molar-refractivity contribution is 0.103. The number of para-hydroxylation sites is 1. The van der Waals surface area contributed by atoms with Crippen LogP contribution < -0.4 is 10.6 Å². The summed E-state index contributed by atoms with van der Waals surface area (Å²) in [5.41, 5.74) is 2.04. The summed E-state index contributed by atoms with van der Waals surface area (Å²) in [5.74, 6) is 0.850. The molecule has 4 heteroatoms. The summed E-state index contributed by atoms with van der Waals surface area (Å²) in [6.07, 6.45) is 8.24. The fourth-order valence-electron chi connectivity index (χ4n) is 3.68. The Bertz CT molecular complexity index is 662. The summed E-state index contributed by atoms with van der Waals surface area (Å²) in [7, 11) is 0. The van der Waals surface area contributed by atoms with Gasteiger partial charge in [-0.1, -0.05) is 56.4 Å². The van der Waals surface area contributed by atoms with E-state index in [1.807, 2.05) is 35.7 Å². The van der Waals surface area contributed by atoms with Crippen LogP contribution in [0.2, 0.25) is 0 Å². The van der Waals surface area contributed by atoms with Gasteiger partial charge in [0.25, 0.3) is 5.91 Å². The largest absolute Gasteiger partial charge is 0.321 e. The first-order valence-corrected chi connectivity index (χ1v) is 10.3. The number of anilines is 1. The van der Waals surface area contributed by atoms with Gasteiger partial charge in [-0.3, -0.25) is 4.79 Å². The molecule has 0 unspecified atom stereocenters. The van der Waals surface area contributed by atoms with Gasteiger partial charge < -0.3 is 10.6 Å². The minimum atomic E-state index is -0.0299. The Morgan fingerprint density at radius 2 is 1.96 bits per heavy atom. The van der Waals surface area contributed by atoms with Crippen LogP contribution in [0.25, 0.3) is 0 Å². The van der Waals surface area contributed by atoms with Crippen LogP contribution in [0.4, 0.5) is 5.69 Å². The average Bonchev–Trinajstić information content (AvgIpc) is 3.17. The number of amides is 1. The second-order valence-electron chi connectivity index (χ2n) is 7.11. The average molecular weight is 357 g/mol. The van der Waals surface area contributed by atoms with Gasteiger partial charge in [-0.05, 0) is 42.3 Å². The first-order valence-electron chi connectivity index (χ1n) is 9.38. The van der Waals surface area contributed by atoms with E-state index >= 15 is 0 Å². The third-order valence-electron chi connectivity index (χ3n) is 5.06. The molecule has 25 heavy (non-hydrogen) atoms. The molecule has 1 aliphatic carbocycles. The molecule has 0 spiro atoms. The maximum atomic E-state index is 12.3. The van der Waals surface area contributed by atoms with Crippen molar-refractivity contribution >= 4 is 22.9 Å². The zero-order valence-electron chi connectivity index (χ0n) is 15.0. The van der Waals surface area contributed by atoms with Crippen molar-refractivity contribution in [2.24, 2.45) is 5.92 Å². The molecule has 2 aromatic rings. The standard InChI is InChI=1S/C21H28N2OS/c1-16(14-17-8-3-2-4-9-17)22-15-18-10-5-6-11-19(18)23-21(24)20-12-7-13-25-20/h5-7,10-13,16-17,22H,2-4,8-9,14-15H2,1H3,(H,23,24)/t16-/m0/s1. The van der Waals surface area contributed by atoms with Crippen LogP contribution in [-0.4, -0.2) is 11.9 Å². The molecular weight excluding hydrogens is 328 g/mol.